The minimum atomic E-state index is -3.45. The van der Waals surface area contributed by atoms with Crippen LogP contribution >= 0.6 is 7.52 Å². The van der Waals surface area contributed by atoms with Crippen molar-refractivity contribution >= 4 is 18.7 Å². The van der Waals surface area contributed by atoms with Crippen molar-refractivity contribution in [1.82, 2.24) is 10.2 Å². The summed E-state index contributed by atoms with van der Waals surface area (Å²) in [6.45, 7) is 0.300. The van der Waals surface area contributed by atoms with Crippen LogP contribution in [0.2, 0.25) is 0 Å². The molecule has 6 nitrogen and oxygen atoms in total. The van der Waals surface area contributed by atoms with Crippen molar-refractivity contribution in [2.24, 2.45) is 0 Å². The number of carbonyl (C=O) groups is 1. The molecule has 1 aliphatic heterocycles. The molecule has 0 aromatic heterocycles. The Hall–Kier alpha value is -1.98. The third-order valence-electron chi connectivity index (χ3n) is 4.30. The van der Waals surface area contributed by atoms with Crippen molar-refractivity contribution in [1.29, 1.82) is 0 Å². The number of hydrogen-bond donors (Lipinski definition) is 2. The number of nitrogens with one attached hydrogen (secondary N) is 1. The fraction of sp³-hybridized carbons (Fsp3) is 0.235. The maximum absolute atomic E-state index is 13.6. The zero-order chi connectivity index (χ0) is 17.2. The van der Waals surface area contributed by atoms with Gasteiger partial charge in [-0.3, -0.25) is 14.6 Å². The number of benzene rings is 2. The highest BCUT2D eigenvalue weighted by molar-refractivity contribution is 7.64. The van der Waals surface area contributed by atoms with E-state index in [2.05, 4.69) is 0 Å². The highest BCUT2D eigenvalue weighted by Crippen LogP contribution is 2.52. The van der Waals surface area contributed by atoms with Gasteiger partial charge in [0, 0.05) is 13.7 Å². The summed E-state index contributed by atoms with van der Waals surface area (Å²) in [5, 5.41) is 9.62. The van der Waals surface area contributed by atoms with E-state index < -0.39 is 19.5 Å². The zero-order valence-electron chi connectivity index (χ0n) is 13.3. The van der Waals surface area contributed by atoms with Crippen molar-refractivity contribution in [3.8, 4) is 0 Å². The number of fused-ring (bicyclic) bond motifs is 1. The van der Waals surface area contributed by atoms with E-state index in [9.17, 15) is 9.36 Å². The summed E-state index contributed by atoms with van der Waals surface area (Å²) in [6.07, 6.45) is 0.350. The van der Waals surface area contributed by atoms with Gasteiger partial charge in [0.1, 0.15) is 6.04 Å². The van der Waals surface area contributed by atoms with Crippen molar-refractivity contribution < 1.29 is 19.1 Å². The normalized spacial score (nSPS) is 20.0. The fourth-order valence-corrected chi connectivity index (χ4v) is 5.22. The Labute approximate surface area is 140 Å². The molecule has 0 saturated heterocycles. The Kier molecular flexibility index (Phi) is 4.83. The number of hydrogen-bond acceptors (Lipinski definition) is 4. The van der Waals surface area contributed by atoms with Crippen LogP contribution in [0.25, 0.3) is 0 Å². The fourth-order valence-electron chi connectivity index (χ4n) is 3.06. The van der Waals surface area contributed by atoms with E-state index in [4.69, 9.17) is 9.73 Å². The van der Waals surface area contributed by atoms with Crippen LogP contribution in [-0.2, 0) is 26.8 Å². The molecule has 1 amide bonds. The SMILES string of the molecule is CO[P@](=O)(c1ccccc1)N1Cc2ccccc2C[C@@H]1C(=O)NO. The minimum absolute atomic E-state index is 0.300. The molecular formula is C17H19N2O4P. The van der Waals surface area contributed by atoms with Gasteiger partial charge in [-0.1, -0.05) is 42.5 Å². The molecular weight excluding hydrogens is 327 g/mol. The third kappa shape index (κ3) is 2.89. The summed E-state index contributed by atoms with van der Waals surface area (Å²) in [5.74, 6) is -0.599. The zero-order valence-corrected chi connectivity index (χ0v) is 14.1. The van der Waals surface area contributed by atoms with E-state index in [1.54, 1.807) is 34.4 Å². The van der Waals surface area contributed by atoms with Gasteiger partial charge in [0.2, 0.25) is 0 Å². The Balaban J connectivity index is 2.08. The number of carbonyl (C=O) groups excluding carboxylic acids is 1. The standard InChI is InChI=1S/C17H19N2O4P/c1-23-24(22,15-9-3-2-4-10-15)19-12-14-8-6-5-7-13(14)11-16(19)17(20)18-21/h2-10,16,21H,11-12H2,1H3,(H,18,20)/t16-,24-/m1/s1. The molecule has 2 atom stereocenters. The Morgan fingerprint density at radius 3 is 2.42 bits per heavy atom. The van der Waals surface area contributed by atoms with Crippen LogP contribution in [0.4, 0.5) is 0 Å². The molecule has 126 valence electrons. The lowest BCUT2D eigenvalue weighted by Crippen LogP contribution is -2.49. The monoisotopic (exact) mass is 346 g/mol. The van der Waals surface area contributed by atoms with Crippen LogP contribution < -0.4 is 10.8 Å². The molecule has 1 aliphatic rings. The molecule has 24 heavy (non-hydrogen) atoms. The average molecular weight is 346 g/mol. The molecule has 1 heterocycles. The lowest BCUT2D eigenvalue weighted by Gasteiger charge is -2.39. The first-order chi connectivity index (χ1) is 11.6. The second-order valence-corrected chi connectivity index (χ2v) is 8.04. The van der Waals surface area contributed by atoms with Gasteiger partial charge in [-0.25, -0.2) is 10.2 Å². The van der Waals surface area contributed by atoms with Gasteiger partial charge < -0.3 is 4.52 Å². The van der Waals surface area contributed by atoms with Gasteiger partial charge in [-0.05, 0) is 29.7 Å². The highest BCUT2D eigenvalue weighted by Gasteiger charge is 2.43. The molecule has 0 saturated carbocycles. The number of hydroxylamine groups is 1. The highest BCUT2D eigenvalue weighted by atomic mass is 31.2. The van der Waals surface area contributed by atoms with Gasteiger partial charge in [0.25, 0.3) is 5.91 Å². The van der Waals surface area contributed by atoms with Crippen LogP contribution in [-0.4, -0.2) is 28.9 Å². The molecule has 0 bridgehead atoms. The molecule has 0 unspecified atom stereocenters. The van der Waals surface area contributed by atoms with Gasteiger partial charge in [0.15, 0.2) is 0 Å². The Bertz CT molecular complexity index is 781. The smallest absolute Gasteiger partial charge is 0.303 e. The molecule has 0 spiro atoms. The first kappa shape index (κ1) is 16.9. The second kappa shape index (κ2) is 6.87. The number of rotatable bonds is 4. The van der Waals surface area contributed by atoms with E-state index in [-0.39, 0.29) is 0 Å². The van der Waals surface area contributed by atoms with E-state index in [0.717, 1.165) is 11.1 Å². The maximum atomic E-state index is 13.6. The second-order valence-electron chi connectivity index (χ2n) is 5.60. The maximum Gasteiger partial charge on any atom is 0.303 e. The molecule has 0 radical (unpaired) electrons. The van der Waals surface area contributed by atoms with Crippen LogP contribution in [0.15, 0.2) is 54.6 Å². The van der Waals surface area contributed by atoms with Crippen LogP contribution in [0.1, 0.15) is 11.1 Å². The molecule has 0 aliphatic carbocycles. The van der Waals surface area contributed by atoms with Gasteiger partial charge in [-0.2, -0.15) is 0 Å². The van der Waals surface area contributed by atoms with Gasteiger partial charge in [0.05, 0.1) is 5.30 Å². The first-order valence-electron chi connectivity index (χ1n) is 7.59. The molecule has 2 N–H and O–H groups in total. The van der Waals surface area contributed by atoms with E-state index >= 15 is 0 Å². The molecule has 0 fully saturated rings. The molecule has 3 rings (SSSR count). The topological polar surface area (TPSA) is 78.9 Å². The Morgan fingerprint density at radius 1 is 1.17 bits per heavy atom. The lowest BCUT2D eigenvalue weighted by atomic mass is 9.95. The summed E-state index contributed by atoms with van der Waals surface area (Å²) in [5.41, 5.74) is 3.68. The minimum Gasteiger partial charge on any atom is -0.317 e. The summed E-state index contributed by atoms with van der Waals surface area (Å²) < 4.78 is 20.6. The molecule has 2 aromatic carbocycles. The lowest BCUT2D eigenvalue weighted by molar-refractivity contribution is -0.133. The third-order valence-corrected chi connectivity index (χ3v) is 6.85. The van der Waals surface area contributed by atoms with Crippen molar-refractivity contribution in [2.75, 3.05) is 7.11 Å². The van der Waals surface area contributed by atoms with Gasteiger partial charge in [-0.15, -0.1) is 0 Å². The van der Waals surface area contributed by atoms with E-state index in [1.165, 1.54) is 7.11 Å². The van der Waals surface area contributed by atoms with Crippen LogP contribution in [0, 0.1) is 0 Å². The van der Waals surface area contributed by atoms with Crippen molar-refractivity contribution in [3.63, 3.8) is 0 Å². The van der Waals surface area contributed by atoms with Crippen molar-refractivity contribution in [3.05, 3.63) is 65.7 Å². The Morgan fingerprint density at radius 2 is 1.79 bits per heavy atom. The molecule has 7 heteroatoms. The summed E-state index contributed by atoms with van der Waals surface area (Å²) >= 11 is 0. The summed E-state index contributed by atoms with van der Waals surface area (Å²) in [7, 11) is -2.07. The molecule has 2 aromatic rings. The van der Waals surface area contributed by atoms with Gasteiger partial charge >= 0.3 is 7.52 Å². The predicted molar refractivity (Wildman–Crippen MR) is 90.1 cm³/mol. The first-order valence-corrected chi connectivity index (χ1v) is 9.17. The number of nitrogens with zero attached hydrogens (tertiary/aromatic N) is 1. The van der Waals surface area contributed by atoms with E-state index in [0.29, 0.717) is 18.3 Å². The number of amides is 1. The quantitative estimate of drug-likeness (QED) is 0.503. The average Bonchev–Trinajstić information content (AvgIpc) is 2.66. The van der Waals surface area contributed by atoms with Crippen LogP contribution in [0.3, 0.4) is 0 Å². The summed E-state index contributed by atoms with van der Waals surface area (Å²) in [4.78, 5) is 12.2. The van der Waals surface area contributed by atoms with Crippen molar-refractivity contribution in [2.45, 2.75) is 19.0 Å². The van der Waals surface area contributed by atoms with Crippen LogP contribution in [0.5, 0.6) is 0 Å². The predicted octanol–water partition coefficient (Wildman–Crippen LogP) is 2.08. The largest absolute Gasteiger partial charge is 0.317 e. The van der Waals surface area contributed by atoms with E-state index in [1.807, 2.05) is 30.3 Å². The summed E-state index contributed by atoms with van der Waals surface area (Å²) in [6, 6.07) is 15.7.